The summed E-state index contributed by atoms with van der Waals surface area (Å²) in [5, 5.41) is 2.58. The van der Waals surface area contributed by atoms with Crippen LogP contribution in [0.3, 0.4) is 0 Å². The second-order valence-corrected chi connectivity index (χ2v) is 7.35. The number of hydrogen-bond acceptors (Lipinski definition) is 4. The number of carbonyl (C=O) groups is 3. The maximum absolute atomic E-state index is 12.6. The summed E-state index contributed by atoms with van der Waals surface area (Å²) < 4.78 is 5.79. The van der Waals surface area contributed by atoms with Crippen molar-refractivity contribution in [2.75, 3.05) is 0 Å². The summed E-state index contributed by atoms with van der Waals surface area (Å²) in [7, 11) is 0. The molecule has 0 aliphatic heterocycles. The quantitative estimate of drug-likeness (QED) is 0.549. The first kappa shape index (κ1) is 22.4. The van der Waals surface area contributed by atoms with Gasteiger partial charge in [-0.1, -0.05) is 62.7 Å². The molecule has 0 fully saturated rings. The Morgan fingerprint density at radius 1 is 1.00 bits per heavy atom. The smallest absolute Gasteiger partial charge is 0.408 e. The Morgan fingerprint density at radius 2 is 1.66 bits per heavy atom. The van der Waals surface area contributed by atoms with Gasteiger partial charge in [0.1, 0.15) is 12.6 Å². The Balaban J connectivity index is 1.92. The number of hydrogen-bond donors (Lipinski definition) is 3. The lowest BCUT2D eigenvalue weighted by molar-refractivity contribution is -0.125. The molecule has 8 heteroatoms. The first-order chi connectivity index (χ1) is 13.9. The van der Waals surface area contributed by atoms with Gasteiger partial charge in [-0.15, -0.1) is 0 Å². The molecule has 0 aromatic heterocycles. The van der Waals surface area contributed by atoms with Crippen LogP contribution < -0.4 is 16.2 Å². The largest absolute Gasteiger partial charge is 0.445 e. The molecule has 0 saturated carbocycles. The summed E-state index contributed by atoms with van der Waals surface area (Å²) in [6, 6.07) is 15.2. The van der Waals surface area contributed by atoms with Gasteiger partial charge in [-0.3, -0.25) is 20.4 Å². The van der Waals surface area contributed by atoms with Crippen molar-refractivity contribution in [2.45, 2.75) is 32.9 Å². The number of benzene rings is 2. The Kier molecular flexibility index (Phi) is 8.67. The van der Waals surface area contributed by atoms with Gasteiger partial charge >= 0.3 is 6.09 Å². The zero-order chi connectivity index (χ0) is 21.2. The van der Waals surface area contributed by atoms with E-state index in [9.17, 15) is 14.4 Å². The van der Waals surface area contributed by atoms with Gasteiger partial charge in [0.25, 0.3) is 11.8 Å². The normalized spacial score (nSPS) is 12.4. The highest BCUT2D eigenvalue weighted by Gasteiger charge is 2.27. The van der Waals surface area contributed by atoms with Crippen molar-refractivity contribution in [3.8, 4) is 0 Å². The molecule has 3 N–H and O–H groups in total. The molecule has 0 bridgehead atoms. The Hall–Kier alpha value is -2.87. The summed E-state index contributed by atoms with van der Waals surface area (Å²) in [6.45, 7) is 3.83. The third kappa shape index (κ3) is 6.90. The minimum atomic E-state index is -0.859. The predicted molar refractivity (Wildman–Crippen MR) is 113 cm³/mol. The van der Waals surface area contributed by atoms with Gasteiger partial charge in [-0.2, -0.15) is 0 Å². The highest BCUT2D eigenvalue weighted by Crippen LogP contribution is 2.15. The number of alkyl carbamates (subject to hydrolysis) is 1. The Labute approximate surface area is 178 Å². The molecule has 0 saturated heterocycles. The maximum atomic E-state index is 12.6. The number of halogens is 1. The Bertz CT molecular complexity index is 845. The van der Waals surface area contributed by atoms with Crippen LogP contribution in [0.25, 0.3) is 0 Å². The van der Waals surface area contributed by atoms with Crippen LogP contribution in [-0.4, -0.2) is 23.9 Å². The molecule has 2 aromatic rings. The SMILES string of the molecule is CC[C@@H](C)[C@H](NC(=O)OCc1ccccc1)C(=O)NNC(=O)c1ccccc1Br. The lowest BCUT2D eigenvalue weighted by Crippen LogP contribution is -2.54. The number of rotatable bonds is 7. The van der Waals surface area contributed by atoms with E-state index in [1.165, 1.54) is 0 Å². The molecule has 0 unspecified atom stereocenters. The fourth-order valence-corrected chi connectivity index (χ4v) is 2.97. The molecular weight excluding hydrogens is 438 g/mol. The van der Waals surface area contributed by atoms with E-state index in [1.807, 2.05) is 44.2 Å². The topological polar surface area (TPSA) is 96.5 Å². The third-order valence-electron chi connectivity index (χ3n) is 4.40. The molecule has 29 heavy (non-hydrogen) atoms. The monoisotopic (exact) mass is 461 g/mol. The summed E-state index contributed by atoms with van der Waals surface area (Å²) in [6.07, 6.45) is -0.0543. The number of hydrazine groups is 1. The minimum absolute atomic E-state index is 0.0975. The molecule has 0 spiro atoms. The van der Waals surface area contributed by atoms with Crippen LogP contribution in [0.4, 0.5) is 4.79 Å². The van der Waals surface area contributed by atoms with Gasteiger partial charge in [0.2, 0.25) is 0 Å². The molecule has 3 amide bonds. The van der Waals surface area contributed by atoms with Crippen molar-refractivity contribution >= 4 is 33.8 Å². The van der Waals surface area contributed by atoms with Gasteiger partial charge in [0.05, 0.1) is 5.56 Å². The summed E-state index contributed by atoms with van der Waals surface area (Å²) >= 11 is 3.29. The van der Waals surface area contributed by atoms with Crippen LogP contribution in [0.5, 0.6) is 0 Å². The first-order valence-electron chi connectivity index (χ1n) is 9.24. The molecule has 2 rings (SSSR count). The second-order valence-electron chi connectivity index (χ2n) is 6.49. The standard InChI is InChI=1S/C21H24BrN3O4/c1-3-14(2)18(23-21(28)29-13-15-9-5-4-6-10-15)20(27)25-24-19(26)16-11-7-8-12-17(16)22/h4-12,14,18H,3,13H2,1-2H3,(H,23,28)(H,24,26)(H,25,27)/t14-,18+/m1/s1. The molecule has 0 heterocycles. The van der Waals surface area contributed by atoms with Crippen molar-refractivity contribution < 1.29 is 19.1 Å². The summed E-state index contributed by atoms with van der Waals surface area (Å²) in [5.74, 6) is -1.17. The van der Waals surface area contributed by atoms with E-state index in [2.05, 4.69) is 32.1 Å². The van der Waals surface area contributed by atoms with E-state index in [1.54, 1.807) is 24.3 Å². The zero-order valence-corrected chi connectivity index (χ0v) is 17.9. The van der Waals surface area contributed by atoms with Crippen LogP contribution in [0.1, 0.15) is 36.2 Å². The summed E-state index contributed by atoms with van der Waals surface area (Å²) in [5.41, 5.74) is 5.96. The van der Waals surface area contributed by atoms with Gasteiger partial charge in [0.15, 0.2) is 0 Å². The first-order valence-corrected chi connectivity index (χ1v) is 10.0. The summed E-state index contributed by atoms with van der Waals surface area (Å²) in [4.78, 5) is 37.0. The van der Waals surface area contributed by atoms with Gasteiger partial charge in [-0.25, -0.2) is 4.79 Å². The second kappa shape index (κ2) is 11.2. The minimum Gasteiger partial charge on any atom is -0.445 e. The van der Waals surface area contributed by atoms with Gasteiger partial charge < -0.3 is 10.1 Å². The molecule has 0 aliphatic rings. The van der Waals surface area contributed by atoms with Crippen molar-refractivity contribution in [1.29, 1.82) is 0 Å². The van der Waals surface area contributed by atoms with E-state index < -0.39 is 23.9 Å². The lowest BCUT2D eigenvalue weighted by Gasteiger charge is -2.23. The molecule has 7 nitrogen and oxygen atoms in total. The van der Waals surface area contributed by atoms with Crippen molar-refractivity contribution in [3.63, 3.8) is 0 Å². The van der Waals surface area contributed by atoms with Gasteiger partial charge in [0, 0.05) is 4.47 Å². The molecule has 2 aromatic carbocycles. The Morgan fingerprint density at radius 3 is 2.31 bits per heavy atom. The average molecular weight is 462 g/mol. The van der Waals surface area contributed by atoms with Crippen LogP contribution in [0.15, 0.2) is 59.1 Å². The predicted octanol–water partition coefficient (Wildman–Crippen LogP) is 3.55. The third-order valence-corrected chi connectivity index (χ3v) is 5.09. The van der Waals surface area contributed by atoms with Gasteiger partial charge in [-0.05, 0) is 39.5 Å². The van der Waals surface area contributed by atoms with E-state index in [0.29, 0.717) is 16.5 Å². The lowest BCUT2D eigenvalue weighted by atomic mass is 9.99. The van der Waals surface area contributed by atoms with Crippen LogP contribution in [-0.2, 0) is 16.1 Å². The van der Waals surface area contributed by atoms with Crippen LogP contribution >= 0.6 is 15.9 Å². The fourth-order valence-electron chi connectivity index (χ4n) is 2.50. The van der Waals surface area contributed by atoms with E-state index in [0.717, 1.165) is 5.56 Å². The number of ether oxygens (including phenoxy) is 1. The van der Waals surface area contributed by atoms with Crippen molar-refractivity contribution in [3.05, 3.63) is 70.2 Å². The maximum Gasteiger partial charge on any atom is 0.408 e. The molecule has 0 aliphatic carbocycles. The number of nitrogens with one attached hydrogen (secondary N) is 3. The highest BCUT2D eigenvalue weighted by molar-refractivity contribution is 9.10. The van der Waals surface area contributed by atoms with Crippen molar-refractivity contribution in [2.24, 2.45) is 5.92 Å². The number of carbonyl (C=O) groups excluding carboxylic acids is 3. The molecular formula is C21H24BrN3O4. The molecule has 154 valence electrons. The average Bonchev–Trinajstić information content (AvgIpc) is 2.74. The van der Waals surface area contributed by atoms with Crippen LogP contribution in [0, 0.1) is 5.92 Å². The van der Waals surface area contributed by atoms with E-state index in [4.69, 9.17) is 4.74 Å². The number of amides is 3. The van der Waals surface area contributed by atoms with E-state index in [-0.39, 0.29) is 12.5 Å². The molecule has 0 radical (unpaired) electrons. The molecule has 2 atom stereocenters. The van der Waals surface area contributed by atoms with Crippen LogP contribution in [0.2, 0.25) is 0 Å². The van der Waals surface area contributed by atoms with E-state index >= 15 is 0 Å². The fraction of sp³-hybridized carbons (Fsp3) is 0.286. The zero-order valence-electron chi connectivity index (χ0n) is 16.3. The highest BCUT2D eigenvalue weighted by atomic mass is 79.9. The van der Waals surface area contributed by atoms with Crippen molar-refractivity contribution in [1.82, 2.24) is 16.2 Å².